The van der Waals surface area contributed by atoms with Crippen molar-refractivity contribution < 1.29 is 0 Å². The molecule has 4 heteroatoms. The van der Waals surface area contributed by atoms with Gasteiger partial charge >= 0.3 is 0 Å². The van der Waals surface area contributed by atoms with Crippen molar-refractivity contribution in [3.05, 3.63) is 18.2 Å². The van der Waals surface area contributed by atoms with Crippen LogP contribution in [0.4, 0.5) is 17.1 Å². The van der Waals surface area contributed by atoms with E-state index in [-0.39, 0.29) is 12.4 Å². The predicted octanol–water partition coefficient (Wildman–Crippen LogP) is 1.60. The second-order valence-electron chi connectivity index (χ2n) is 2.12. The molecular formula is C7H7ClN3. The highest BCUT2D eigenvalue weighted by molar-refractivity contribution is 5.85. The number of benzene rings is 1. The highest BCUT2D eigenvalue weighted by Crippen LogP contribution is 2.29. The van der Waals surface area contributed by atoms with Crippen LogP contribution in [0.1, 0.15) is 0 Å². The number of nitrogen functional groups attached to an aromatic ring is 1. The van der Waals surface area contributed by atoms with Crippen LogP contribution in [0.3, 0.4) is 0 Å². The Morgan fingerprint density at radius 3 is 2.82 bits per heavy atom. The van der Waals surface area contributed by atoms with Gasteiger partial charge in [-0.2, -0.15) is 0 Å². The molecule has 0 bridgehead atoms. The molecule has 1 aromatic rings. The first-order chi connectivity index (χ1) is 4.86. The number of nitrogens with two attached hydrogens (primary N) is 1. The van der Waals surface area contributed by atoms with Gasteiger partial charge in [0.1, 0.15) is 6.34 Å². The summed E-state index contributed by atoms with van der Waals surface area (Å²) in [6, 6.07) is 5.48. The van der Waals surface area contributed by atoms with E-state index in [0.717, 1.165) is 17.1 Å². The third kappa shape index (κ3) is 1.28. The van der Waals surface area contributed by atoms with Gasteiger partial charge in [-0.25, -0.2) is 10.3 Å². The third-order valence-electron chi connectivity index (χ3n) is 1.39. The topological polar surface area (TPSA) is 52.5 Å². The summed E-state index contributed by atoms with van der Waals surface area (Å²) >= 11 is 0. The number of hydrogen-bond donors (Lipinski definition) is 1. The van der Waals surface area contributed by atoms with Crippen LogP contribution in [0.5, 0.6) is 0 Å². The quantitative estimate of drug-likeness (QED) is 0.588. The van der Waals surface area contributed by atoms with Crippen molar-refractivity contribution in [2.24, 2.45) is 4.99 Å². The third-order valence-corrected chi connectivity index (χ3v) is 1.39. The number of hydrogen-bond acceptors (Lipinski definition) is 2. The molecule has 1 aliphatic rings. The maximum Gasteiger partial charge on any atom is 0.116 e. The number of halogens is 1. The zero-order chi connectivity index (χ0) is 6.97. The summed E-state index contributed by atoms with van der Waals surface area (Å²) in [5.41, 5.74) is 8.00. The fourth-order valence-corrected chi connectivity index (χ4v) is 0.906. The van der Waals surface area contributed by atoms with E-state index in [1.807, 2.05) is 18.2 Å². The van der Waals surface area contributed by atoms with Crippen molar-refractivity contribution in [1.82, 2.24) is 5.32 Å². The molecule has 0 aliphatic carbocycles. The molecule has 0 aromatic heterocycles. The lowest BCUT2D eigenvalue weighted by Crippen LogP contribution is -1.87. The highest BCUT2D eigenvalue weighted by Gasteiger charge is 2.05. The highest BCUT2D eigenvalue weighted by atomic mass is 35.5. The Kier molecular flexibility index (Phi) is 2.01. The Hall–Kier alpha value is -1.22. The van der Waals surface area contributed by atoms with Crippen molar-refractivity contribution in [2.45, 2.75) is 0 Å². The number of nitrogens with zero attached hydrogens (tertiary/aromatic N) is 2. The second-order valence-corrected chi connectivity index (χ2v) is 2.12. The minimum atomic E-state index is 0. The summed E-state index contributed by atoms with van der Waals surface area (Å²) in [6.45, 7) is 0. The van der Waals surface area contributed by atoms with E-state index in [1.54, 1.807) is 0 Å². The smallest absolute Gasteiger partial charge is 0.116 e. The van der Waals surface area contributed by atoms with Gasteiger partial charge in [-0.15, -0.1) is 12.4 Å². The SMILES string of the molecule is Cl.Nc1ccc2c(c1)[N]C=N2. The first kappa shape index (κ1) is 7.88. The Balaban J connectivity index is 0.000000605. The van der Waals surface area contributed by atoms with Crippen LogP contribution in [0.2, 0.25) is 0 Å². The van der Waals surface area contributed by atoms with Crippen molar-refractivity contribution in [3.63, 3.8) is 0 Å². The van der Waals surface area contributed by atoms with Crippen LogP contribution in [0, 0.1) is 0 Å². The van der Waals surface area contributed by atoms with Gasteiger partial charge in [0.05, 0.1) is 11.4 Å². The Morgan fingerprint density at radius 2 is 2.00 bits per heavy atom. The van der Waals surface area contributed by atoms with Crippen LogP contribution >= 0.6 is 12.4 Å². The summed E-state index contributed by atoms with van der Waals surface area (Å²) in [4.78, 5) is 3.99. The molecule has 0 spiro atoms. The molecule has 0 atom stereocenters. The van der Waals surface area contributed by atoms with Gasteiger partial charge in [0.2, 0.25) is 0 Å². The molecule has 0 fully saturated rings. The summed E-state index contributed by atoms with van der Waals surface area (Å²) in [5.74, 6) is 0. The lowest BCUT2D eigenvalue weighted by Gasteiger charge is -1.95. The summed E-state index contributed by atoms with van der Waals surface area (Å²) in [7, 11) is 0. The molecule has 2 N–H and O–H groups in total. The van der Waals surface area contributed by atoms with Gasteiger partial charge in [0.15, 0.2) is 0 Å². The normalized spacial score (nSPS) is 11.6. The average Bonchev–Trinajstić information content (AvgIpc) is 2.33. The molecule has 1 aromatic carbocycles. The molecule has 0 unspecified atom stereocenters. The minimum Gasteiger partial charge on any atom is -0.399 e. The maximum absolute atomic E-state index is 5.52. The number of aliphatic imine (C=N–C) groups is 1. The first-order valence-electron chi connectivity index (χ1n) is 2.99. The maximum atomic E-state index is 5.52. The van der Waals surface area contributed by atoms with Gasteiger partial charge in [-0.3, -0.25) is 0 Å². The zero-order valence-electron chi connectivity index (χ0n) is 5.69. The molecule has 1 radical (unpaired) electrons. The van der Waals surface area contributed by atoms with Gasteiger partial charge in [0, 0.05) is 5.69 Å². The van der Waals surface area contributed by atoms with Crippen molar-refractivity contribution in [2.75, 3.05) is 5.73 Å². The standard InChI is InChI=1S/C7H6N3.ClH/c8-5-1-2-6-7(3-5)10-4-9-6;/h1-4H,8H2;1H. The average molecular weight is 169 g/mol. The number of anilines is 1. The second kappa shape index (κ2) is 2.80. The summed E-state index contributed by atoms with van der Waals surface area (Å²) in [5, 5.41) is 3.99. The van der Waals surface area contributed by atoms with Crippen molar-refractivity contribution in [1.29, 1.82) is 0 Å². The Labute approximate surface area is 70.7 Å². The largest absolute Gasteiger partial charge is 0.399 e. The predicted molar refractivity (Wildman–Crippen MR) is 48.0 cm³/mol. The van der Waals surface area contributed by atoms with Crippen molar-refractivity contribution in [3.8, 4) is 0 Å². The van der Waals surface area contributed by atoms with E-state index >= 15 is 0 Å². The van der Waals surface area contributed by atoms with E-state index in [0.29, 0.717) is 0 Å². The van der Waals surface area contributed by atoms with E-state index < -0.39 is 0 Å². The molecule has 0 saturated heterocycles. The zero-order valence-corrected chi connectivity index (χ0v) is 6.51. The molecule has 0 saturated carbocycles. The summed E-state index contributed by atoms with van der Waals surface area (Å²) in [6.07, 6.45) is 1.53. The minimum absolute atomic E-state index is 0. The van der Waals surface area contributed by atoms with Crippen molar-refractivity contribution >= 4 is 35.8 Å². The summed E-state index contributed by atoms with van der Waals surface area (Å²) < 4.78 is 0. The van der Waals surface area contributed by atoms with E-state index in [2.05, 4.69) is 10.3 Å². The van der Waals surface area contributed by atoms with Gasteiger partial charge in [-0.1, -0.05) is 0 Å². The van der Waals surface area contributed by atoms with Crippen LogP contribution in [-0.2, 0) is 0 Å². The van der Waals surface area contributed by atoms with E-state index in [1.165, 1.54) is 6.34 Å². The fraction of sp³-hybridized carbons (Fsp3) is 0. The molecule has 3 nitrogen and oxygen atoms in total. The molecule has 57 valence electrons. The first-order valence-corrected chi connectivity index (χ1v) is 2.99. The van der Waals surface area contributed by atoms with Gasteiger partial charge in [-0.05, 0) is 18.2 Å². The van der Waals surface area contributed by atoms with Gasteiger partial charge < -0.3 is 5.73 Å². The Bertz CT molecular complexity index is 296. The van der Waals surface area contributed by atoms with E-state index in [9.17, 15) is 0 Å². The lowest BCUT2D eigenvalue weighted by atomic mass is 10.2. The van der Waals surface area contributed by atoms with E-state index in [4.69, 9.17) is 5.73 Å². The molecule has 0 amide bonds. The molecule has 2 rings (SSSR count). The monoisotopic (exact) mass is 168 g/mol. The molecule has 11 heavy (non-hydrogen) atoms. The van der Waals surface area contributed by atoms with Crippen LogP contribution in [-0.4, -0.2) is 6.34 Å². The molecule has 1 heterocycles. The van der Waals surface area contributed by atoms with Crippen LogP contribution in [0.25, 0.3) is 0 Å². The number of fused-ring (bicyclic) bond motifs is 1. The van der Waals surface area contributed by atoms with Crippen LogP contribution in [0.15, 0.2) is 23.2 Å². The molecular weight excluding hydrogens is 162 g/mol. The molecule has 1 aliphatic heterocycles. The fourth-order valence-electron chi connectivity index (χ4n) is 0.906. The Morgan fingerprint density at radius 1 is 1.18 bits per heavy atom. The lowest BCUT2D eigenvalue weighted by molar-refractivity contribution is 1.35. The van der Waals surface area contributed by atoms with Crippen LogP contribution < -0.4 is 11.1 Å². The number of rotatable bonds is 0. The van der Waals surface area contributed by atoms with Gasteiger partial charge in [0.25, 0.3) is 0 Å².